The topological polar surface area (TPSA) is 115 Å². The molecule has 0 atom stereocenters. The first-order valence-corrected chi connectivity index (χ1v) is 8.42. The fourth-order valence-corrected chi connectivity index (χ4v) is 3.88. The maximum atomic E-state index is 12.2. The van der Waals surface area contributed by atoms with Gasteiger partial charge in [-0.2, -0.15) is 0 Å². The molecular weight excluding hydrogens is 294 g/mol. The van der Waals surface area contributed by atoms with E-state index < -0.39 is 20.6 Å². The lowest BCUT2D eigenvalue weighted by atomic mass is 10.1. The third kappa shape index (κ3) is 3.92. The number of anilines is 1. The van der Waals surface area contributed by atoms with E-state index in [0.717, 1.165) is 25.3 Å². The van der Waals surface area contributed by atoms with Crippen molar-refractivity contribution in [1.82, 2.24) is 4.72 Å². The van der Waals surface area contributed by atoms with Crippen LogP contribution >= 0.6 is 0 Å². The molecule has 1 aromatic rings. The Kier molecular flexibility index (Phi) is 4.79. The van der Waals surface area contributed by atoms with Gasteiger partial charge >= 0.3 is 0 Å². The quantitative estimate of drug-likeness (QED) is 0.473. The monoisotopic (exact) mass is 313 g/mol. The summed E-state index contributed by atoms with van der Waals surface area (Å²) in [5, 5.41) is 11.0. The molecule has 1 aliphatic rings. The average molecular weight is 313 g/mol. The van der Waals surface area contributed by atoms with Crippen molar-refractivity contribution < 1.29 is 13.3 Å². The summed E-state index contributed by atoms with van der Waals surface area (Å²) in [6, 6.07) is 3.58. The summed E-state index contributed by atoms with van der Waals surface area (Å²) >= 11 is 0. The zero-order valence-electron chi connectivity index (χ0n) is 11.6. The summed E-state index contributed by atoms with van der Waals surface area (Å²) in [6.45, 7) is 0.300. The number of nitro benzene ring substituents is 1. The minimum atomic E-state index is -3.89. The van der Waals surface area contributed by atoms with Crippen LogP contribution in [0.2, 0.25) is 0 Å². The van der Waals surface area contributed by atoms with Gasteiger partial charge in [-0.05, 0) is 24.5 Å². The van der Waals surface area contributed by atoms with E-state index in [1.165, 1.54) is 25.0 Å². The Morgan fingerprint density at radius 1 is 1.33 bits per heavy atom. The van der Waals surface area contributed by atoms with E-state index in [-0.39, 0.29) is 10.6 Å². The number of nitrogen functional groups attached to an aromatic ring is 1. The molecule has 1 aromatic carbocycles. The summed E-state index contributed by atoms with van der Waals surface area (Å²) in [5.41, 5.74) is 5.13. The smallest absolute Gasteiger partial charge is 0.291 e. The molecule has 8 heteroatoms. The van der Waals surface area contributed by atoms with Crippen molar-refractivity contribution in [2.45, 2.75) is 37.0 Å². The second-order valence-electron chi connectivity index (χ2n) is 5.32. The molecule has 3 N–H and O–H groups in total. The number of nitrogens with one attached hydrogen (secondary N) is 1. The third-order valence-corrected chi connectivity index (χ3v) is 5.30. The fourth-order valence-electron chi connectivity index (χ4n) is 2.68. The van der Waals surface area contributed by atoms with Gasteiger partial charge in [-0.15, -0.1) is 0 Å². The summed E-state index contributed by atoms with van der Waals surface area (Å²) in [7, 11) is -3.89. The molecule has 116 valence electrons. The van der Waals surface area contributed by atoms with Gasteiger partial charge in [0.2, 0.25) is 10.0 Å². The Morgan fingerprint density at radius 3 is 2.62 bits per heavy atom. The number of hydrogen-bond acceptors (Lipinski definition) is 5. The van der Waals surface area contributed by atoms with Crippen LogP contribution in [-0.4, -0.2) is 19.9 Å². The van der Waals surface area contributed by atoms with Crippen LogP contribution in [0.25, 0.3) is 0 Å². The van der Waals surface area contributed by atoms with Crippen molar-refractivity contribution in [3.63, 3.8) is 0 Å². The first kappa shape index (κ1) is 15.7. The molecule has 0 aromatic heterocycles. The number of nitro groups is 1. The summed E-state index contributed by atoms with van der Waals surface area (Å²) in [6.07, 6.45) is 5.41. The van der Waals surface area contributed by atoms with E-state index in [4.69, 9.17) is 5.73 Å². The van der Waals surface area contributed by atoms with E-state index in [1.807, 2.05) is 0 Å². The molecule has 21 heavy (non-hydrogen) atoms. The Bertz CT molecular complexity index is 624. The third-order valence-electron chi connectivity index (χ3n) is 3.79. The second-order valence-corrected chi connectivity index (χ2v) is 7.06. The second kappa shape index (κ2) is 6.40. The van der Waals surface area contributed by atoms with E-state index in [0.29, 0.717) is 12.5 Å². The van der Waals surface area contributed by atoms with Crippen LogP contribution in [0.1, 0.15) is 32.1 Å². The highest BCUT2D eigenvalue weighted by molar-refractivity contribution is 7.89. The van der Waals surface area contributed by atoms with E-state index in [1.54, 1.807) is 0 Å². The zero-order valence-corrected chi connectivity index (χ0v) is 12.4. The van der Waals surface area contributed by atoms with Crippen molar-refractivity contribution in [3.05, 3.63) is 28.3 Å². The van der Waals surface area contributed by atoms with Crippen LogP contribution in [0.3, 0.4) is 0 Å². The number of nitrogens with zero attached hydrogens (tertiary/aromatic N) is 1. The molecule has 0 radical (unpaired) electrons. The van der Waals surface area contributed by atoms with Gasteiger partial charge in [0.1, 0.15) is 0 Å². The Balaban J connectivity index is 2.09. The van der Waals surface area contributed by atoms with Crippen molar-refractivity contribution in [2.75, 3.05) is 12.3 Å². The highest BCUT2D eigenvalue weighted by Gasteiger charge is 2.26. The minimum Gasteiger partial charge on any atom is -0.399 e. The maximum absolute atomic E-state index is 12.2. The molecule has 1 aliphatic carbocycles. The fraction of sp³-hybridized carbons (Fsp3) is 0.538. The van der Waals surface area contributed by atoms with Gasteiger partial charge < -0.3 is 5.73 Å². The Hall–Kier alpha value is -1.67. The largest absolute Gasteiger partial charge is 0.399 e. The minimum absolute atomic E-state index is 0.159. The van der Waals surface area contributed by atoms with Crippen LogP contribution < -0.4 is 10.5 Å². The summed E-state index contributed by atoms with van der Waals surface area (Å²) < 4.78 is 26.8. The molecule has 1 fully saturated rings. The maximum Gasteiger partial charge on any atom is 0.291 e. The van der Waals surface area contributed by atoms with Gasteiger partial charge in [0, 0.05) is 18.3 Å². The zero-order chi connectivity index (χ0) is 15.5. The van der Waals surface area contributed by atoms with Gasteiger partial charge in [0.15, 0.2) is 4.90 Å². The lowest BCUT2D eigenvalue weighted by Crippen LogP contribution is -2.26. The normalized spacial score (nSPS) is 16.2. The first-order valence-electron chi connectivity index (χ1n) is 6.94. The molecule has 0 saturated heterocycles. The van der Waals surface area contributed by atoms with Crippen molar-refractivity contribution in [3.8, 4) is 0 Å². The van der Waals surface area contributed by atoms with Crippen molar-refractivity contribution >= 4 is 21.4 Å². The van der Waals surface area contributed by atoms with Crippen LogP contribution in [0.4, 0.5) is 11.4 Å². The molecule has 0 aliphatic heterocycles. The Morgan fingerprint density at radius 2 is 2.00 bits per heavy atom. The van der Waals surface area contributed by atoms with E-state index in [9.17, 15) is 18.5 Å². The number of nitrogens with two attached hydrogens (primary N) is 1. The van der Waals surface area contributed by atoms with Gasteiger partial charge in [0.25, 0.3) is 5.69 Å². The van der Waals surface area contributed by atoms with Gasteiger partial charge in [-0.1, -0.05) is 25.7 Å². The molecule has 0 amide bonds. The molecule has 0 unspecified atom stereocenters. The number of hydrogen-bond donors (Lipinski definition) is 2. The lowest BCUT2D eigenvalue weighted by Gasteiger charge is -2.11. The molecule has 7 nitrogen and oxygen atoms in total. The summed E-state index contributed by atoms with van der Waals surface area (Å²) in [5.74, 6) is 0.550. The van der Waals surface area contributed by atoms with Gasteiger partial charge in [-0.25, -0.2) is 13.1 Å². The molecule has 1 saturated carbocycles. The lowest BCUT2D eigenvalue weighted by molar-refractivity contribution is -0.387. The van der Waals surface area contributed by atoms with Gasteiger partial charge in [-0.3, -0.25) is 10.1 Å². The number of sulfonamides is 1. The number of benzene rings is 1. The number of rotatable bonds is 6. The molecule has 0 spiro atoms. The molecule has 2 rings (SSSR count). The van der Waals surface area contributed by atoms with Crippen LogP contribution in [0.5, 0.6) is 0 Å². The molecular formula is C13H19N3O4S. The SMILES string of the molecule is Nc1ccc(S(=O)(=O)NCCC2CCCC2)c([N+](=O)[O-])c1. The predicted octanol–water partition coefficient (Wildman–Crippen LogP) is 2.04. The predicted molar refractivity (Wildman–Crippen MR) is 79.3 cm³/mol. The van der Waals surface area contributed by atoms with Crippen molar-refractivity contribution in [1.29, 1.82) is 0 Å². The van der Waals surface area contributed by atoms with Crippen LogP contribution in [0.15, 0.2) is 23.1 Å². The molecule has 0 heterocycles. The standard InChI is InChI=1S/C13H19N3O4S/c14-11-5-6-13(12(9-11)16(17)18)21(19,20)15-8-7-10-3-1-2-4-10/h5-6,9-10,15H,1-4,7-8,14H2. The van der Waals surface area contributed by atoms with Crippen LogP contribution in [0, 0.1) is 16.0 Å². The highest BCUT2D eigenvalue weighted by Crippen LogP contribution is 2.28. The first-order chi connectivity index (χ1) is 9.90. The van der Waals surface area contributed by atoms with Crippen molar-refractivity contribution in [2.24, 2.45) is 5.92 Å². The highest BCUT2D eigenvalue weighted by atomic mass is 32.2. The van der Waals surface area contributed by atoms with Gasteiger partial charge in [0.05, 0.1) is 4.92 Å². The Labute approximate surface area is 123 Å². The molecule has 0 bridgehead atoms. The summed E-state index contributed by atoms with van der Waals surface area (Å²) in [4.78, 5) is 9.89. The average Bonchev–Trinajstić information content (AvgIpc) is 2.91. The van der Waals surface area contributed by atoms with E-state index in [2.05, 4.69) is 4.72 Å². The van der Waals surface area contributed by atoms with E-state index >= 15 is 0 Å². The van der Waals surface area contributed by atoms with Crippen LogP contribution in [-0.2, 0) is 10.0 Å².